The zero-order valence-electron chi connectivity index (χ0n) is 18.5. The molecule has 4 nitrogen and oxygen atoms in total. The smallest absolute Gasteiger partial charge is 0.174 e. The maximum absolute atomic E-state index is 6.46. The van der Waals surface area contributed by atoms with E-state index in [1.807, 2.05) is 55.5 Å². The topological polar surface area (TPSA) is 41.3 Å². The largest absolute Gasteiger partial charge is 0.459 e. The maximum atomic E-state index is 6.46. The number of thiocarbonyl (C=S) groups is 1. The average Bonchev–Trinajstić information content (AvgIpc) is 3.46. The third-order valence-electron chi connectivity index (χ3n) is 6.17. The van der Waals surface area contributed by atoms with E-state index in [9.17, 15) is 0 Å². The van der Waals surface area contributed by atoms with Gasteiger partial charge in [0.05, 0.1) is 11.7 Å². The van der Waals surface area contributed by atoms with E-state index < -0.39 is 0 Å². The predicted octanol–water partition coefficient (Wildman–Crippen LogP) is 7.04. The van der Waals surface area contributed by atoms with Gasteiger partial charge in [-0.1, -0.05) is 48.9 Å². The van der Waals surface area contributed by atoms with Crippen molar-refractivity contribution in [3.8, 4) is 11.3 Å². The summed E-state index contributed by atoms with van der Waals surface area (Å²) in [4.78, 5) is 6.74. The number of nitrogens with zero attached hydrogens (tertiary/aromatic N) is 2. The minimum absolute atomic E-state index is 0.149. The van der Waals surface area contributed by atoms with Gasteiger partial charge in [-0.15, -0.1) is 0 Å². The van der Waals surface area contributed by atoms with Crippen LogP contribution in [0.25, 0.3) is 11.3 Å². The Morgan fingerprint density at radius 3 is 2.58 bits per heavy atom. The fraction of sp³-hybridized carbons (Fsp3) is 0.185. The molecule has 0 aliphatic carbocycles. The van der Waals surface area contributed by atoms with Crippen LogP contribution < -0.4 is 10.2 Å². The molecular weight excluding hydrogens is 450 g/mol. The Balaban J connectivity index is 1.60. The molecule has 1 saturated heterocycles. The normalized spacial score (nSPS) is 17.9. The van der Waals surface area contributed by atoms with Crippen molar-refractivity contribution in [1.29, 1.82) is 0 Å². The van der Waals surface area contributed by atoms with E-state index in [0.717, 1.165) is 45.5 Å². The Bertz CT molecular complexity index is 1290. The van der Waals surface area contributed by atoms with Crippen LogP contribution in [-0.2, 0) is 6.42 Å². The summed E-state index contributed by atoms with van der Waals surface area (Å²) in [6, 6.07) is 24.0. The molecule has 0 saturated carbocycles. The van der Waals surface area contributed by atoms with Gasteiger partial charge >= 0.3 is 0 Å². The van der Waals surface area contributed by atoms with Gasteiger partial charge in [0, 0.05) is 22.5 Å². The second-order valence-electron chi connectivity index (χ2n) is 8.13. The Morgan fingerprint density at radius 2 is 1.85 bits per heavy atom. The third-order valence-corrected chi connectivity index (χ3v) is 6.90. The number of pyridine rings is 1. The van der Waals surface area contributed by atoms with Crippen molar-refractivity contribution in [1.82, 2.24) is 10.3 Å². The number of aryl methyl sites for hydroxylation is 1. The molecule has 1 aliphatic heterocycles. The van der Waals surface area contributed by atoms with Crippen LogP contribution in [0.15, 0.2) is 83.4 Å². The van der Waals surface area contributed by atoms with Gasteiger partial charge in [-0.25, -0.2) is 0 Å². The molecule has 1 fully saturated rings. The van der Waals surface area contributed by atoms with Gasteiger partial charge in [0.15, 0.2) is 5.11 Å². The summed E-state index contributed by atoms with van der Waals surface area (Å²) >= 11 is 12.2. The van der Waals surface area contributed by atoms with E-state index in [4.69, 9.17) is 28.2 Å². The van der Waals surface area contributed by atoms with Crippen LogP contribution in [0.3, 0.4) is 0 Å². The summed E-state index contributed by atoms with van der Waals surface area (Å²) < 4.78 is 6.46. The summed E-state index contributed by atoms with van der Waals surface area (Å²) in [5.74, 6) is 1.59. The molecule has 166 valence electrons. The van der Waals surface area contributed by atoms with Gasteiger partial charge < -0.3 is 14.6 Å². The van der Waals surface area contributed by atoms with E-state index in [-0.39, 0.29) is 12.1 Å². The lowest BCUT2D eigenvalue weighted by molar-refractivity contribution is 0.439. The highest BCUT2D eigenvalue weighted by Gasteiger charge is 2.42. The van der Waals surface area contributed by atoms with Crippen molar-refractivity contribution in [2.75, 3.05) is 4.90 Å². The van der Waals surface area contributed by atoms with Crippen molar-refractivity contribution in [3.05, 3.63) is 107 Å². The highest BCUT2D eigenvalue weighted by Crippen LogP contribution is 2.43. The zero-order valence-corrected chi connectivity index (χ0v) is 20.0. The first kappa shape index (κ1) is 21.7. The summed E-state index contributed by atoms with van der Waals surface area (Å²) in [6.07, 6.45) is 2.79. The molecule has 3 heterocycles. The number of nitrogens with one attached hydrogen (secondary N) is 1. The minimum Gasteiger partial charge on any atom is -0.459 e. The van der Waals surface area contributed by atoms with E-state index in [1.165, 1.54) is 5.56 Å². The first-order valence-electron chi connectivity index (χ1n) is 11.0. The highest BCUT2D eigenvalue weighted by atomic mass is 35.5. The van der Waals surface area contributed by atoms with Crippen molar-refractivity contribution in [3.63, 3.8) is 0 Å². The van der Waals surface area contributed by atoms with Crippen LogP contribution in [0.2, 0.25) is 5.02 Å². The average molecular weight is 474 g/mol. The van der Waals surface area contributed by atoms with Gasteiger partial charge in [-0.05, 0) is 79.2 Å². The summed E-state index contributed by atoms with van der Waals surface area (Å²) in [5.41, 5.74) is 5.19. The van der Waals surface area contributed by atoms with Crippen LogP contribution in [0.4, 0.5) is 5.69 Å². The van der Waals surface area contributed by atoms with E-state index in [0.29, 0.717) is 5.11 Å². The fourth-order valence-electron chi connectivity index (χ4n) is 4.35. The quantitative estimate of drug-likeness (QED) is 0.315. The van der Waals surface area contributed by atoms with Crippen molar-refractivity contribution < 1.29 is 4.42 Å². The lowest BCUT2D eigenvalue weighted by Crippen LogP contribution is -2.29. The zero-order chi connectivity index (χ0) is 22.9. The Labute approximate surface area is 204 Å². The first-order valence-corrected chi connectivity index (χ1v) is 11.8. The molecule has 5 rings (SSSR count). The van der Waals surface area contributed by atoms with Crippen molar-refractivity contribution in [2.24, 2.45) is 0 Å². The Hall–Kier alpha value is -3.15. The molecule has 1 N–H and O–H groups in total. The van der Waals surface area contributed by atoms with Gasteiger partial charge in [0.25, 0.3) is 0 Å². The second kappa shape index (κ2) is 9.00. The van der Waals surface area contributed by atoms with Crippen LogP contribution in [-0.4, -0.2) is 10.1 Å². The fourth-order valence-corrected chi connectivity index (χ4v) is 4.87. The molecule has 4 aromatic rings. The lowest BCUT2D eigenvalue weighted by Gasteiger charge is -2.26. The second-order valence-corrected chi connectivity index (χ2v) is 8.92. The molecule has 0 spiro atoms. The molecule has 0 bridgehead atoms. The molecule has 0 unspecified atom stereocenters. The molecule has 0 radical (unpaired) electrons. The van der Waals surface area contributed by atoms with Crippen molar-refractivity contribution >= 4 is 34.6 Å². The molecule has 2 aromatic heterocycles. The lowest BCUT2D eigenvalue weighted by atomic mass is 10.0. The first-order chi connectivity index (χ1) is 16.1. The number of benzene rings is 2. The van der Waals surface area contributed by atoms with E-state index in [1.54, 1.807) is 6.20 Å². The predicted molar refractivity (Wildman–Crippen MR) is 138 cm³/mol. The number of rotatable bonds is 5. The van der Waals surface area contributed by atoms with Gasteiger partial charge in [0.1, 0.15) is 17.6 Å². The molecule has 33 heavy (non-hydrogen) atoms. The summed E-state index contributed by atoms with van der Waals surface area (Å²) in [7, 11) is 0. The number of hydrogen-bond acceptors (Lipinski definition) is 3. The van der Waals surface area contributed by atoms with Crippen LogP contribution >= 0.6 is 23.8 Å². The number of furan rings is 1. The standard InChI is InChI=1S/C27H24ClN3OS/c1-3-18-10-12-19(13-11-18)31-26(25(30-27(31)33)22-9-4-5-16-29-22)24-15-14-23(32-24)20-7-6-8-21(28)17(20)2/h4-16,25-26H,3H2,1-2H3,(H,30,33)/t25-,26-/m0/s1. The molecule has 0 amide bonds. The number of halogens is 1. The number of hydrogen-bond donors (Lipinski definition) is 1. The Kier molecular flexibility index (Phi) is 5.92. The highest BCUT2D eigenvalue weighted by molar-refractivity contribution is 7.80. The van der Waals surface area contributed by atoms with Gasteiger partial charge in [0.2, 0.25) is 0 Å². The van der Waals surface area contributed by atoms with Crippen molar-refractivity contribution in [2.45, 2.75) is 32.4 Å². The molecule has 2 atom stereocenters. The third kappa shape index (κ3) is 4.03. The van der Waals surface area contributed by atoms with Crippen LogP contribution in [0.5, 0.6) is 0 Å². The van der Waals surface area contributed by atoms with E-state index >= 15 is 0 Å². The van der Waals surface area contributed by atoms with Gasteiger partial charge in [-0.3, -0.25) is 4.98 Å². The van der Waals surface area contributed by atoms with E-state index in [2.05, 4.69) is 46.4 Å². The van der Waals surface area contributed by atoms with Gasteiger partial charge in [-0.2, -0.15) is 0 Å². The number of aromatic nitrogens is 1. The van der Waals surface area contributed by atoms with Crippen LogP contribution in [0, 0.1) is 6.92 Å². The molecule has 1 aliphatic rings. The monoisotopic (exact) mass is 473 g/mol. The Morgan fingerprint density at radius 1 is 1.03 bits per heavy atom. The van der Waals surface area contributed by atoms with Crippen LogP contribution in [0.1, 0.15) is 41.6 Å². The summed E-state index contributed by atoms with van der Waals surface area (Å²) in [5, 5.41) is 4.85. The SMILES string of the molecule is CCc1ccc(N2C(=S)N[C@@H](c3ccccn3)[C@@H]2c2ccc(-c3cccc(Cl)c3C)o2)cc1. The molecule has 2 aromatic carbocycles. The summed E-state index contributed by atoms with van der Waals surface area (Å²) in [6.45, 7) is 4.16. The number of anilines is 1. The molecular formula is C27H24ClN3OS. The molecule has 6 heteroatoms. The maximum Gasteiger partial charge on any atom is 0.174 e. The minimum atomic E-state index is -0.187.